The number of rotatable bonds is 5. The molecule has 0 fully saturated rings. The molecule has 1 N–H and O–H groups in total. The lowest BCUT2D eigenvalue weighted by molar-refractivity contribution is 0.528. The van der Waals surface area contributed by atoms with Crippen molar-refractivity contribution in [1.29, 1.82) is 0 Å². The molecule has 1 atom stereocenters. The van der Waals surface area contributed by atoms with Gasteiger partial charge in [0.2, 0.25) is 0 Å². The summed E-state index contributed by atoms with van der Waals surface area (Å²) < 4.78 is 5.86. The molecule has 0 saturated carbocycles. The molecule has 1 heterocycles. The predicted molar refractivity (Wildman–Crippen MR) is 90.9 cm³/mol. The number of nitrogens with one attached hydrogen (secondary N) is 1. The van der Waals surface area contributed by atoms with E-state index >= 15 is 0 Å². The molecule has 21 heavy (non-hydrogen) atoms. The number of furan rings is 1. The minimum Gasteiger partial charge on any atom is -0.456 e. The number of anilines is 1. The molecule has 0 aliphatic heterocycles. The highest BCUT2D eigenvalue weighted by Crippen LogP contribution is 2.30. The van der Waals surface area contributed by atoms with Gasteiger partial charge in [-0.2, -0.15) is 0 Å². The van der Waals surface area contributed by atoms with Gasteiger partial charge in [0.05, 0.1) is 0 Å². The Bertz CT molecular complexity index is 741. The first-order valence-electron chi connectivity index (χ1n) is 7.81. The highest BCUT2D eigenvalue weighted by atomic mass is 16.3. The summed E-state index contributed by atoms with van der Waals surface area (Å²) >= 11 is 0. The fraction of sp³-hybridized carbons (Fsp3) is 0.368. The minimum absolute atomic E-state index is 0.489. The van der Waals surface area contributed by atoms with Gasteiger partial charge in [0, 0.05) is 22.5 Å². The second kappa shape index (κ2) is 5.80. The number of para-hydroxylation sites is 1. The Morgan fingerprint density at radius 1 is 0.905 bits per heavy atom. The van der Waals surface area contributed by atoms with Crippen LogP contribution in [-0.2, 0) is 0 Å². The zero-order valence-corrected chi connectivity index (χ0v) is 13.0. The third-order valence-corrected chi connectivity index (χ3v) is 3.97. The molecule has 0 spiro atoms. The summed E-state index contributed by atoms with van der Waals surface area (Å²) in [6.45, 7) is 6.80. The topological polar surface area (TPSA) is 25.2 Å². The molecule has 110 valence electrons. The maximum atomic E-state index is 5.86. The number of fused-ring (bicyclic) bond motifs is 3. The van der Waals surface area contributed by atoms with Gasteiger partial charge in [-0.25, -0.2) is 0 Å². The average molecular weight is 281 g/mol. The number of hydrogen-bond donors (Lipinski definition) is 1. The monoisotopic (exact) mass is 281 g/mol. The van der Waals surface area contributed by atoms with Crippen LogP contribution in [0.15, 0.2) is 46.9 Å². The Hall–Kier alpha value is -1.96. The molecule has 0 aliphatic rings. The normalized spacial score (nSPS) is 13.1. The summed E-state index contributed by atoms with van der Waals surface area (Å²) in [6, 6.07) is 15.1. The van der Waals surface area contributed by atoms with E-state index in [1.54, 1.807) is 0 Å². The number of hydrogen-bond acceptors (Lipinski definition) is 2. The van der Waals surface area contributed by atoms with Crippen LogP contribution in [-0.4, -0.2) is 6.04 Å². The summed E-state index contributed by atoms with van der Waals surface area (Å²) in [5.74, 6) is 0.759. The molecule has 1 aromatic heterocycles. The van der Waals surface area contributed by atoms with Gasteiger partial charge < -0.3 is 9.73 Å². The molecule has 3 aromatic rings. The van der Waals surface area contributed by atoms with Gasteiger partial charge in [0.1, 0.15) is 11.2 Å². The van der Waals surface area contributed by atoms with Crippen molar-refractivity contribution >= 4 is 27.6 Å². The van der Waals surface area contributed by atoms with Crippen LogP contribution in [0.4, 0.5) is 5.69 Å². The Morgan fingerprint density at radius 2 is 1.67 bits per heavy atom. The van der Waals surface area contributed by atoms with Crippen molar-refractivity contribution in [3.8, 4) is 0 Å². The third kappa shape index (κ3) is 3.05. The molecule has 0 saturated heterocycles. The standard InChI is InChI=1S/C19H23NO/c1-13(2)8-9-14(3)20-15-10-11-19-17(12-15)16-6-4-5-7-18(16)21-19/h4-7,10-14,20H,8-9H2,1-3H3. The molecular formula is C19H23NO. The highest BCUT2D eigenvalue weighted by Gasteiger charge is 2.08. The van der Waals surface area contributed by atoms with Crippen molar-refractivity contribution in [2.45, 2.75) is 39.7 Å². The molecule has 0 amide bonds. The van der Waals surface area contributed by atoms with Gasteiger partial charge in [-0.1, -0.05) is 32.0 Å². The zero-order chi connectivity index (χ0) is 14.8. The summed E-state index contributed by atoms with van der Waals surface area (Å²) in [5.41, 5.74) is 3.08. The highest BCUT2D eigenvalue weighted by molar-refractivity contribution is 6.05. The smallest absolute Gasteiger partial charge is 0.135 e. The van der Waals surface area contributed by atoms with Crippen LogP contribution in [0.3, 0.4) is 0 Å². The van der Waals surface area contributed by atoms with E-state index in [4.69, 9.17) is 4.42 Å². The van der Waals surface area contributed by atoms with Crippen LogP contribution >= 0.6 is 0 Å². The molecule has 0 aliphatic carbocycles. The van der Waals surface area contributed by atoms with E-state index in [-0.39, 0.29) is 0 Å². The molecule has 2 heteroatoms. The van der Waals surface area contributed by atoms with E-state index in [1.807, 2.05) is 12.1 Å². The Kier molecular flexibility index (Phi) is 3.87. The molecule has 1 unspecified atom stereocenters. The molecule has 2 aromatic carbocycles. The van der Waals surface area contributed by atoms with E-state index in [2.05, 4.69) is 56.4 Å². The summed E-state index contributed by atoms with van der Waals surface area (Å²) in [4.78, 5) is 0. The Labute approximate surface area is 126 Å². The second-order valence-electron chi connectivity index (χ2n) is 6.33. The van der Waals surface area contributed by atoms with Crippen molar-refractivity contribution in [2.24, 2.45) is 5.92 Å². The third-order valence-electron chi connectivity index (χ3n) is 3.97. The molecule has 0 radical (unpaired) electrons. The lowest BCUT2D eigenvalue weighted by Crippen LogP contribution is -2.15. The number of benzene rings is 2. The van der Waals surface area contributed by atoms with Crippen LogP contribution in [0.1, 0.15) is 33.6 Å². The van der Waals surface area contributed by atoms with Gasteiger partial charge >= 0.3 is 0 Å². The Morgan fingerprint density at radius 3 is 2.48 bits per heavy atom. The maximum Gasteiger partial charge on any atom is 0.135 e. The molecular weight excluding hydrogens is 258 g/mol. The van der Waals surface area contributed by atoms with Crippen molar-refractivity contribution in [1.82, 2.24) is 0 Å². The summed E-state index contributed by atoms with van der Waals surface area (Å²) in [6.07, 6.45) is 2.45. The van der Waals surface area contributed by atoms with Gasteiger partial charge in [-0.05, 0) is 49.9 Å². The fourth-order valence-electron chi connectivity index (χ4n) is 2.76. The van der Waals surface area contributed by atoms with Crippen LogP contribution in [0.2, 0.25) is 0 Å². The maximum absolute atomic E-state index is 5.86. The zero-order valence-electron chi connectivity index (χ0n) is 13.0. The van der Waals surface area contributed by atoms with Crippen molar-refractivity contribution < 1.29 is 4.42 Å². The molecule has 0 bridgehead atoms. The van der Waals surface area contributed by atoms with E-state index < -0.39 is 0 Å². The largest absolute Gasteiger partial charge is 0.456 e. The molecule has 3 rings (SSSR count). The van der Waals surface area contributed by atoms with Gasteiger partial charge in [-0.3, -0.25) is 0 Å². The van der Waals surface area contributed by atoms with Gasteiger partial charge in [0.25, 0.3) is 0 Å². The molecule has 2 nitrogen and oxygen atoms in total. The SMILES string of the molecule is CC(C)CCC(C)Nc1ccc2oc3ccccc3c2c1. The van der Waals surface area contributed by atoms with Crippen LogP contribution in [0.25, 0.3) is 21.9 Å². The van der Waals surface area contributed by atoms with Crippen LogP contribution < -0.4 is 5.32 Å². The van der Waals surface area contributed by atoms with Gasteiger partial charge in [-0.15, -0.1) is 0 Å². The lowest BCUT2D eigenvalue weighted by Gasteiger charge is -2.16. The van der Waals surface area contributed by atoms with Crippen molar-refractivity contribution in [2.75, 3.05) is 5.32 Å². The minimum atomic E-state index is 0.489. The second-order valence-corrected chi connectivity index (χ2v) is 6.33. The van der Waals surface area contributed by atoms with E-state index in [0.717, 1.165) is 17.1 Å². The van der Waals surface area contributed by atoms with E-state index in [9.17, 15) is 0 Å². The average Bonchev–Trinajstić information content (AvgIpc) is 2.83. The van der Waals surface area contributed by atoms with Crippen molar-refractivity contribution in [3.63, 3.8) is 0 Å². The first-order valence-corrected chi connectivity index (χ1v) is 7.81. The lowest BCUT2D eigenvalue weighted by atomic mass is 10.0. The van der Waals surface area contributed by atoms with E-state index in [0.29, 0.717) is 6.04 Å². The van der Waals surface area contributed by atoms with Crippen molar-refractivity contribution in [3.05, 3.63) is 42.5 Å². The Balaban J connectivity index is 1.85. The fourth-order valence-corrected chi connectivity index (χ4v) is 2.76. The predicted octanol–water partition coefficient (Wildman–Crippen LogP) is 5.82. The first kappa shape index (κ1) is 14.0. The van der Waals surface area contributed by atoms with Crippen LogP contribution in [0, 0.1) is 5.92 Å². The van der Waals surface area contributed by atoms with Crippen LogP contribution in [0.5, 0.6) is 0 Å². The summed E-state index contributed by atoms with van der Waals surface area (Å²) in [5, 5.41) is 5.98. The quantitative estimate of drug-likeness (QED) is 0.637. The first-order chi connectivity index (χ1) is 10.1. The summed E-state index contributed by atoms with van der Waals surface area (Å²) in [7, 11) is 0. The van der Waals surface area contributed by atoms with E-state index in [1.165, 1.54) is 29.3 Å². The van der Waals surface area contributed by atoms with Gasteiger partial charge in [0.15, 0.2) is 0 Å².